The Morgan fingerprint density at radius 2 is 2.05 bits per heavy atom. The van der Waals surface area contributed by atoms with Gasteiger partial charge in [-0.05, 0) is 56.0 Å². The summed E-state index contributed by atoms with van der Waals surface area (Å²) in [6.07, 6.45) is 12.9. The van der Waals surface area contributed by atoms with Crippen LogP contribution in [0.3, 0.4) is 0 Å². The van der Waals surface area contributed by atoms with Crippen molar-refractivity contribution in [3.8, 4) is 0 Å². The van der Waals surface area contributed by atoms with Gasteiger partial charge in [-0.25, -0.2) is 0 Å². The lowest BCUT2D eigenvalue weighted by Crippen LogP contribution is -2.28. The Balaban J connectivity index is 1.52. The summed E-state index contributed by atoms with van der Waals surface area (Å²) in [5.74, 6) is 0.742. The van der Waals surface area contributed by atoms with Gasteiger partial charge in [-0.1, -0.05) is 33.1 Å². The normalized spacial score (nSPS) is 21.9. The summed E-state index contributed by atoms with van der Waals surface area (Å²) in [6, 6.07) is 2.93. The van der Waals surface area contributed by atoms with Crippen LogP contribution in [0.5, 0.6) is 0 Å². The van der Waals surface area contributed by atoms with Crippen LogP contribution in [0, 0.1) is 11.3 Å². The first kappa shape index (κ1) is 15.1. The predicted molar refractivity (Wildman–Crippen MR) is 87.4 cm³/mol. The maximum Gasteiger partial charge on any atom is 0.0630 e. The Kier molecular flexibility index (Phi) is 4.68. The summed E-state index contributed by atoms with van der Waals surface area (Å²) in [6.45, 7) is 6.86. The third-order valence-corrected chi connectivity index (χ3v) is 5.18. The summed E-state index contributed by atoms with van der Waals surface area (Å²) in [7, 11) is 0. The first-order valence-corrected chi connectivity index (χ1v) is 8.92. The Hall–Kier alpha value is -0.830. The second-order valence-corrected chi connectivity index (χ2v) is 7.78. The van der Waals surface area contributed by atoms with Gasteiger partial charge in [-0.2, -0.15) is 5.10 Å². The average Bonchev–Trinajstić information content (AvgIpc) is 3.07. The molecule has 1 heterocycles. The third-order valence-electron chi connectivity index (χ3n) is 5.18. The highest BCUT2D eigenvalue weighted by Crippen LogP contribution is 2.47. The highest BCUT2D eigenvalue weighted by Gasteiger charge is 2.42. The van der Waals surface area contributed by atoms with E-state index in [9.17, 15) is 0 Å². The van der Waals surface area contributed by atoms with E-state index in [2.05, 4.69) is 36.1 Å². The number of aromatic nitrogens is 2. The molecule has 1 aromatic heterocycles. The van der Waals surface area contributed by atoms with E-state index in [0.717, 1.165) is 18.9 Å². The quantitative estimate of drug-likeness (QED) is 0.823. The minimum atomic E-state index is 0.515. The summed E-state index contributed by atoms with van der Waals surface area (Å²) in [5, 5.41) is 8.53. The van der Waals surface area contributed by atoms with Crippen LogP contribution in [0.1, 0.15) is 70.5 Å². The zero-order valence-corrected chi connectivity index (χ0v) is 13.8. The van der Waals surface area contributed by atoms with Crippen molar-refractivity contribution >= 4 is 0 Å². The molecule has 2 aliphatic carbocycles. The van der Waals surface area contributed by atoms with Crippen LogP contribution in [-0.4, -0.2) is 22.9 Å². The number of nitrogens with zero attached hydrogens (tertiary/aromatic N) is 2. The van der Waals surface area contributed by atoms with Crippen LogP contribution in [-0.2, 0) is 6.42 Å². The first-order chi connectivity index (χ1) is 10.2. The summed E-state index contributed by atoms with van der Waals surface area (Å²) < 4.78 is 2.26. The molecule has 0 spiro atoms. The second kappa shape index (κ2) is 6.51. The topological polar surface area (TPSA) is 29.9 Å². The van der Waals surface area contributed by atoms with Crippen molar-refractivity contribution in [3.63, 3.8) is 0 Å². The number of hydrogen-bond acceptors (Lipinski definition) is 2. The van der Waals surface area contributed by atoms with Crippen LogP contribution in [0.25, 0.3) is 0 Å². The van der Waals surface area contributed by atoms with Gasteiger partial charge in [0.1, 0.15) is 0 Å². The molecule has 0 radical (unpaired) electrons. The standard InChI is InChI=1S/C18H31N3/c1-15(2)13-19-14-18(9-10-18)12-16-8-11-21(20-16)17-6-4-3-5-7-17/h8,11,15,17,19H,3-7,9-10,12-14H2,1-2H3. The lowest BCUT2D eigenvalue weighted by molar-refractivity contribution is 0.326. The lowest BCUT2D eigenvalue weighted by Gasteiger charge is -2.22. The zero-order chi connectivity index (χ0) is 14.7. The SMILES string of the molecule is CC(C)CNCC1(Cc2ccn(C3CCCCC3)n2)CC1. The van der Waals surface area contributed by atoms with Crippen molar-refractivity contribution in [2.75, 3.05) is 13.1 Å². The van der Waals surface area contributed by atoms with E-state index in [-0.39, 0.29) is 0 Å². The number of hydrogen-bond donors (Lipinski definition) is 1. The molecular formula is C18H31N3. The highest BCUT2D eigenvalue weighted by molar-refractivity contribution is 5.09. The van der Waals surface area contributed by atoms with Crippen LogP contribution >= 0.6 is 0 Å². The highest BCUT2D eigenvalue weighted by atomic mass is 15.3. The van der Waals surface area contributed by atoms with Gasteiger partial charge in [-0.15, -0.1) is 0 Å². The van der Waals surface area contributed by atoms with Gasteiger partial charge in [0.15, 0.2) is 0 Å². The smallest absolute Gasteiger partial charge is 0.0630 e. The van der Waals surface area contributed by atoms with Gasteiger partial charge < -0.3 is 5.32 Å². The van der Waals surface area contributed by atoms with Crippen molar-refractivity contribution in [2.45, 2.75) is 71.3 Å². The van der Waals surface area contributed by atoms with Gasteiger partial charge in [0.05, 0.1) is 11.7 Å². The lowest BCUT2D eigenvalue weighted by atomic mass is 9.96. The van der Waals surface area contributed by atoms with E-state index >= 15 is 0 Å². The molecule has 1 aromatic rings. The maximum absolute atomic E-state index is 4.89. The summed E-state index contributed by atoms with van der Waals surface area (Å²) in [5.41, 5.74) is 1.82. The predicted octanol–water partition coefficient (Wildman–Crippen LogP) is 3.96. The minimum Gasteiger partial charge on any atom is -0.316 e. The average molecular weight is 289 g/mol. The summed E-state index contributed by atoms with van der Waals surface area (Å²) in [4.78, 5) is 0. The van der Waals surface area contributed by atoms with Gasteiger partial charge in [-0.3, -0.25) is 4.68 Å². The molecule has 2 saturated carbocycles. The summed E-state index contributed by atoms with van der Waals surface area (Å²) >= 11 is 0. The van der Waals surface area contributed by atoms with Gasteiger partial charge >= 0.3 is 0 Å². The molecular weight excluding hydrogens is 258 g/mol. The Morgan fingerprint density at radius 1 is 1.29 bits per heavy atom. The van der Waals surface area contributed by atoms with Crippen molar-refractivity contribution < 1.29 is 0 Å². The van der Waals surface area contributed by atoms with Crippen molar-refractivity contribution in [2.24, 2.45) is 11.3 Å². The van der Waals surface area contributed by atoms with Gasteiger partial charge in [0.2, 0.25) is 0 Å². The molecule has 3 heteroatoms. The molecule has 0 atom stereocenters. The van der Waals surface area contributed by atoms with Crippen LogP contribution < -0.4 is 5.32 Å². The molecule has 1 N–H and O–H groups in total. The van der Waals surface area contributed by atoms with Crippen LogP contribution in [0.15, 0.2) is 12.3 Å². The Labute approximate surface area is 129 Å². The molecule has 0 unspecified atom stereocenters. The van der Waals surface area contributed by atoms with E-state index in [1.54, 1.807) is 0 Å². The molecule has 3 nitrogen and oxygen atoms in total. The van der Waals surface area contributed by atoms with Crippen LogP contribution in [0.2, 0.25) is 0 Å². The molecule has 0 amide bonds. The number of nitrogens with one attached hydrogen (secondary N) is 1. The fourth-order valence-electron chi connectivity index (χ4n) is 3.62. The maximum atomic E-state index is 4.89. The molecule has 21 heavy (non-hydrogen) atoms. The largest absolute Gasteiger partial charge is 0.316 e. The zero-order valence-electron chi connectivity index (χ0n) is 13.8. The van der Waals surface area contributed by atoms with Crippen molar-refractivity contribution in [1.29, 1.82) is 0 Å². The van der Waals surface area contributed by atoms with Gasteiger partial charge in [0, 0.05) is 12.7 Å². The molecule has 2 fully saturated rings. The molecule has 0 aromatic carbocycles. The van der Waals surface area contributed by atoms with Crippen molar-refractivity contribution in [3.05, 3.63) is 18.0 Å². The molecule has 0 aliphatic heterocycles. The van der Waals surface area contributed by atoms with Crippen molar-refractivity contribution in [1.82, 2.24) is 15.1 Å². The molecule has 0 bridgehead atoms. The van der Waals surface area contributed by atoms with Gasteiger partial charge in [0.25, 0.3) is 0 Å². The molecule has 2 aliphatic rings. The van der Waals surface area contributed by atoms with E-state index in [0.29, 0.717) is 11.5 Å². The molecule has 118 valence electrons. The van der Waals surface area contributed by atoms with Crippen LogP contribution in [0.4, 0.5) is 0 Å². The molecule has 0 saturated heterocycles. The van der Waals surface area contributed by atoms with E-state index in [1.165, 1.54) is 57.2 Å². The third kappa shape index (κ3) is 4.09. The molecule has 3 rings (SSSR count). The van der Waals surface area contributed by atoms with E-state index in [4.69, 9.17) is 5.10 Å². The minimum absolute atomic E-state index is 0.515. The fourth-order valence-corrected chi connectivity index (χ4v) is 3.62. The monoisotopic (exact) mass is 289 g/mol. The van der Waals surface area contributed by atoms with E-state index < -0.39 is 0 Å². The first-order valence-electron chi connectivity index (χ1n) is 8.92. The van der Waals surface area contributed by atoms with E-state index in [1.807, 2.05) is 0 Å². The second-order valence-electron chi connectivity index (χ2n) is 7.78. The fraction of sp³-hybridized carbons (Fsp3) is 0.833. The Morgan fingerprint density at radius 3 is 2.71 bits per heavy atom. The number of rotatable bonds is 7. The Bertz CT molecular complexity index is 439.